The second kappa shape index (κ2) is 6.38. The van der Waals surface area contributed by atoms with Crippen LogP contribution in [0.1, 0.15) is 35.2 Å². The average molecular weight is 267 g/mol. The van der Waals surface area contributed by atoms with Crippen LogP contribution >= 0.6 is 0 Å². The van der Waals surface area contributed by atoms with Gasteiger partial charge in [0.05, 0.1) is 12.5 Å². The summed E-state index contributed by atoms with van der Waals surface area (Å²) in [6.45, 7) is 6.21. The monoisotopic (exact) mass is 267 g/mol. The zero-order valence-corrected chi connectivity index (χ0v) is 12.3. The van der Waals surface area contributed by atoms with Crippen LogP contribution in [0.15, 0.2) is 48.5 Å². The van der Waals surface area contributed by atoms with E-state index in [9.17, 15) is 4.79 Å². The third-order valence-corrected chi connectivity index (χ3v) is 3.62. The third-order valence-electron chi connectivity index (χ3n) is 3.62. The first-order valence-corrected chi connectivity index (χ1v) is 6.96. The van der Waals surface area contributed by atoms with E-state index in [1.54, 1.807) is 0 Å². The molecule has 1 amide bonds. The maximum absolute atomic E-state index is 12.0. The van der Waals surface area contributed by atoms with Gasteiger partial charge in [-0.3, -0.25) is 4.79 Å². The molecule has 0 fully saturated rings. The normalized spacial score (nSPS) is 11.9. The van der Waals surface area contributed by atoms with E-state index in [0.29, 0.717) is 6.42 Å². The molecule has 0 radical (unpaired) electrons. The van der Waals surface area contributed by atoms with Crippen molar-refractivity contribution in [3.63, 3.8) is 0 Å². The minimum Gasteiger partial charge on any atom is -0.349 e. The Bertz CT molecular complexity index is 590. The SMILES string of the molecule is Cc1ccc([C@@H](C)NC(=O)Cc2ccccc2)cc1C. The number of benzene rings is 2. The van der Waals surface area contributed by atoms with Crippen molar-refractivity contribution < 1.29 is 4.79 Å². The summed E-state index contributed by atoms with van der Waals surface area (Å²) < 4.78 is 0. The van der Waals surface area contributed by atoms with Crippen LogP contribution in [0.25, 0.3) is 0 Å². The highest BCUT2D eigenvalue weighted by molar-refractivity contribution is 5.79. The van der Waals surface area contributed by atoms with E-state index >= 15 is 0 Å². The molecule has 0 heterocycles. The first-order valence-electron chi connectivity index (χ1n) is 6.96. The lowest BCUT2D eigenvalue weighted by Gasteiger charge is -2.15. The quantitative estimate of drug-likeness (QED) is 0.898. The first kappa shape index (κ1) is 14.3. The second-order valence-electron chi connectivity index (χ2n) is 5.30. The molecule has 2 heteroatoms. The van der Waals surface area contributed by atoms with Crippen molar-refractivity contribution in [1.82, 2.24) is 5.32 Å². The standard InChI is InChI=1S/C18H21NO/c1-13-9-10-17(11-14(13)2)15(3)19-18(20)12-16-7-5-4-6-8-16/h4-11,15H,12H2,1-3H3,(H,19,20)/t15-/m1/s1. The minimum absolute atomic E-state index is 0.0329. The summed E-state index contributed by atoms with van der Waals surface area (Å²) in [6.07, 6.45) is 0.427. The zero-order chi connectivity index (χ0) is 14.5. The van der Waals surface area contributed by atoms with E-state index in [-0.39, 0.29) is 11.9 Å². The molecule has 0 saturated heterocycles. The summed E-state index contributed by atoms with van der Waals surface area (Å²) in [5.74, 6) is 0.0573. The molecule has 0 unspecified atom stereocenters. The fourth-order valence-corrected chi connectivity index (χ4v) is 2.19. The highest BCUT2D eigenvalue weighted by atomic mass is 16.1. The van der Waals surface area contributed by atoms with Crippen LogP contribution in [0, 0.1) is 13.8 Å². The molecular weight excluding hydrogens is 246 g/mol. The van der Waals surface area contributed by atoms with Crippen LogP contribution in [-0.2, 0) is 11.2 Å². The molecule has 1 atom stereocenters. The Morgan fingerprint density at radius 3 is 2.40 bits per heavy atom. The van der Waals surface area contributed by atoms with Crippen LogP contribution in [0.2, 0.25) is 0 Å². The molecule has 2 aromatic carbocycles. The topological polar surface area (TPSA) is 29.1 Å². The van der Waals surface area contributed by atoms with E-state index in [0.717, 1.165) is 11.1 Å². The van der Waals surface area contributed by atoms with Crippen LogP contribution in [0.5, 0.6) is 0 Å². The first-order chi connectivity index (χ1) is 9.56. The van der Waals surface area contributed by atoms with Gasteiger partial charge in [0.25, 0.3) is 0 Å². The Morgan fingerprint density at radius 2 is 1.75 bits per heavy atom. The van der Waals surface area contributed by atoms with E-state index in [2.05, 4.69) is 37.4 Å². The van der Waals surface area contributed by atoms with Gasteiger partial charge in [0.15, 0.2) is 0 Å². The van der Waals surface area contributed by atoms with Crippen molar-refractivity contribution in [2.75, 3.05) is 0 Å². The second-order valence-corrected chi connectivity index (χ2v) is 5.30. The number of aryl methyl sites for hydroxylation is 2. The van der Waals surface area contributed by atoms with Crippen molar-refractivity contribution >= 4 is 5.91 Å². The summed E-state index contributed by atoms with van der Waals surface area (Å²) >= 11 is 0. The molecule has 2 rings (SSSR count). The van der Waals surface area contributed by atoms with Crippen molar-refractivity contribution in [2.24, 2.45) is 0 Å². The Hall–Kier alpha value is -2.09. The summed E-state index contributed by atoms with van der Waals surface area (Å²) in [5.41, 5.74) is 4.72. The minimum atomic E-state index is 0.0329. The molecule has 0 bridgehead atoms. The zero-order valence-electron chi connectivity index (χ0n) is 12.3. The molecule has 104 valence electrons. The van der Waals surface area contributed by atoms with Crippen LogP contribution in [-0.4, -0.2) is 5.91 Å². The van der Waals surface area contributed by atoms with Crippen LogP contribution in [0.4, 0.5) is 0 Å². The van der Waals surface area contributed by atoms with Gasteiger partial charge >= 0.3 is 0 Å². The summed E-state index contributed by atoms with van der Waals surface area (Å²) in [5, 5.41) is 3.05. The molecular formula is C18H21NO. The number of carbonyl (C=O) groups excluding carboxylic acids is 1. The van der Waals surface area contributed by atoms with Gasteiger partial charge in [-0.25, -0.2) is 0 Å². The summed E-state index contributed by atoms with van der Waals surface area (Å²) in [7, 11) is 0. The van der Waals surface area contributed by atoms with Crippen molar-refractivity contribution in [3.05, 3.63) is 70.8 Å². The highest BCUT2D eigenvalue weighted by Gasteiger charge is 2.10. The van der Waals surface area contributed by atoms with E-state index < -0.39 is 0 Å². The van der Waals surface area contributed by atoms with E-state index in [1.165, 1.54) is 11.1 Å². The van der Waals surface area contributed by atoms with Crippen LogP contribution < -0.4 is 5.32 Å². The molecule has 0 aliphatic carbocycles. The van der Waals surface area contributed by atoms with Crippen molar-refractivity contribution in [3.8, 4) is 0 Å². The average Bonchev–Trinajstić information content (AvgIpc) is 2.42. The molecule has 1 N–H and O–H groups in total. The molecule has 2 aromatic rings. The Labute approximate surface area is 120 Å². The number of carbonyl (C=O) groups is 1. The van der Waals surface area contributed by atoms with Gasteiger partial charge in [0, 0.05) is 0 Å². The number of hydrogen-bond acceptors (Lipinski definition) is 1. The van der Waals surface area contributed by atoms with Gasteiger partial charge in [0.2, 0.25) is 5.91 Å². The number of amides is 1. The largest absolute Gasteiger partial charge is 0.349 e. The fourth-order valence-electron chi connectivity index (χ4n) is 2.19. The molecule has 20 heavy (non-hydrogen) atoms. The lowest BCUT2D eigenvalue weighted by Crippen LogP contribution is -2.28. The third kappa shape index (κ3) is 3.70. The molecule has 0 aromatic heterocycles. The Morgan fingerprint density at radius 1 is 1.05 bits per heavy atom. The fraction of sp³-hybridized carbons (Fsp3) is 0.278. The number of nitrogens with one attached hydrogen (secondary N) is 1. The van der Waals surface area contributed by atoms with Gasteiger partial charge in [-0.05, 0) is 43.0 Å². The number of hydrogen-bond donors (Lipinski definition) is 1. The summed E-state index contributed by atoms with van der Waals surface area (Å²) in [6, 6.07) is 16.2. The highest BCUT2D eigenvalue weighted by Crippen LogP contribution is 2.16. The van der Waals surface area contributed by atoms with Crippen LogP contribution in [0.3, 0.4) is 0 Å². The maximum Gasteiger partial charge on any atom is 0.224 e. The van der Waals surface area contributed by atoms with Gasteiger partial charge < -0.3 is 5.32 Å². The lowest BCUT2D eigenvalue weighted by atomic mass is 10.0. The van der Waals surface area contributed by atoms with Gasteiger partial charge in [-0.2, -0.15) is 0 Å². The Kier molecular flexibility index (Phi) is 4.57. The number of rotatable bonds is 4. The predicted octanol–water partition coefficient (Wildman–Crippen LogP) is 3.72. The van der Waals surface area contributed by atoms with Gasteiger partial charge in [-0.15, -0.1) is 0 Å². The molecule has 2 nitrogen and oxygen atoms in total. The molecule has 0 aliphatic heterocycles. The van der Waals surface area contributed by atoms with E-state index in [1.807, 2.05) is 37.3 Å². The molecule has 0 saturated carbocycles. The van der Waals surface area contributed by atoms with E-state index in [4.69, 9.17) is 0 Å². The smallest absolute Gasteiger partial charge is 0.224 e. The predicted molar refractivity (Wildman–Crippen MR) is 82.6 cm³/mol. The molecule has 0 aliphatic rings. The van der Waals surface area contributed by atoms with Crippen molar-refractivity contribution in [2.45, 2.75) is 33.2 Å². The van der Waals surface area contributed by atoms with Crippen molar-refractivity contribution in [1.29, 1.82) is 0 Å². The lowest BCUT2D eigenvalue weighted by molar-refractivity contribution is -0.121. The molecule has 0 spiro atoms. The van der Waals surface area contributed by atoms with Gasteiger partial charge in [-0.1, -0.05) is 48.5 Å². The van der Waals surface area contributed by atoms with Gasteiger partial charge in [0.1, 0.15) is 0 Å². The Balaban J connectivity index is 1.98. The maximum atomic E-state index is 12.0. The summed E-state index contributed by atoms with van der Waals surface area (Å²) in [4.78, 5) is 12.0.